The van der Waals surface area contributed by atoms with Crippen molar-refractivity contribution in [2.24, 2.45) is 5.16 Å². The Kier molecular flexibility index (Phi) is 3.62. The van der Waals surface area contributed by atoms with E-state index in [9.17, 15) is 13.2 Å². The van der Waals surface area contributed by atoms with Gasteiger partial charge in [-0.25, -0.2) is 8.42 Å². The number of nitrogens with one attached hydrogen (secondary N) is 1. The normalized spacial score (nSPS) is 11.6. The Bertz CT molecular complexity index is 522. The van der Waals surface area contributed by atoms with Crippen molar-refractivity contribution in [2.45, 2.75) is 0 Å². The van der Waals surface area contributed by atoms with Crippen LogP contribution >= 0.6 is 0 Å². The minimum atomic E-state index is -3.38. The molecule has 0 saturated heterocycles. The van der Waals surface area contributed by atoms with Gasteiger partial charge in [-0.05, 0) is 12.1 Å². The summed E-state index contributed by atoms with van der Waals surface area (Å²) in [5, 5.41) is 10.8. The van der Waals surface area contributed by atoms with Crippen molar-refractivity contribution in [3.05, 3.63) is 29.8 Å². The van der Waals surface area contributed by atoms with Crippen molar-refractivity contribution in [2.75, 3.05) is 11.0 Å². The Morgan fingerprint density at radius 2 is 2.19 bits per heavy atom. The number of hydrogen-bond acceptors (Lipinski definition) is 5. The Hall–Kier alpha value is -1.89. The van der Waals surface area contributed by atoms with Gasteiger partial charge in [-0.2, -0.15) is 0 Å². The lowest BCUT2D eigenvalue weighted by molar-refractivity contribution is 0.106. The average molecular weight is 242 g/mol. The van der Waals surface area contributed by atoms with Gasteiger partial charge in [0.25, 0.3) is 0 Å². The van der Waals surface area contributed by atoms with Crippen LogP contribution in [-0.2, 0) is 10.0 Å². The molecule has 86 valence electrons. The minimum absolute atomic E-state index is 0.228. The summed E-state index contributed by atoms with van der Waals surface area (Å²) in [7, 11) is -3.38. The maximum atomic E-state index is 11.3. The molecule has 0 saturated carbocycles. The second-order valence-corrected chi connectivity index (χ2v) is 4.81. The van der Waals surface area contributed by atoms with Crippen LogP contribution in [0.1, 0.15) is 10.4 Å². The number of sulfonamides is 1. The van der Waals surface area contributed by atoms with E-state index in [2.05, 4.69) is 9.88 Å². The van der Waals surface area contributed by atoms with Gasteiger partial charge in [0, 0.05) is 11.3 Å². The van der Waals surface area contributed by atoms with Crippen molar-refractivity contribution in [3.8, 4) is 0 Å². The number of rotatable bonds is 4. The highest BCUT2D eigenvalue weighted by atomic mass is 32.2. The number of carbonyl (C=O) groups excluding carboxylic acids is 1. The van der Waals surface area contributed by atoms with E-state index in [1.807, 2.05) is 0 Å². The summed E-state index contributed by atoms with van der Waals surface area (Å²) in [6.45, 7) is 0. The Morgan fingerprint density at radius 3 is 2.75 bits per heavy atom. The average Bonchev–Trinajstić information content (AvgIpc) is 2.16. The fraction of sp³-hybridized carbons (Fsp3) is 0.111. The molecular formula is C9H10N2O4S. The second-order valence-electron chi connectivity index (χ2n) is 3.06. The first-order valence-electron chi connectivity index (χ1n) is 4.22. The lowest BCUT2D eigenvalue weighted by Gasteiger charge is -2.04. The van der Waals surface area contributed by atoms with Crippen LogP contribution in [0.2, 0.25) is 0 Å². The molecule has 6 nitrogen and oxygen atoms in total. The van der Waals surface area contributed by atoms with E-state index < -0.39 is 15.8 Å². The largest absolute Gasteiger partial charge is 0.411 e. The third-order valence-corrected chi connectivity index (χ3v) is 2.23. The van der Waals surface area contributed by atoms with Gasteiger partial charge < -0.3 is 5.21 Å². The van der Waals surface area contributed by atoms with Crippen LogP contribution in [0.3, 0.4) is 0 Å². The van der Waals surface area contributed by atoms with Gasteiger partial charge in [0.1, 0.15) is 6.21 Å². The third kappa shape index (κ3) is 3.70. The van der Waals surface area contributed by atoms with Gasteiger partial charge >= 0.3 is 0 Å². The predicted octanol–water partition coefficient (Wildman–Crippen LogP) is 0.701. The highest BCUT2D eigenvalue weighted by Gasteiger charge is 2.06. The molecule has 16 heavy (non-hydrogen) atoms. The van der Waals surface area contributed by atoms with Crippen molar-refractivity contribution in [1.82, 2.24) is 0 Å². The zero-order valence-electron chi connectivity index (χ0n) is 8.41. The quantitative estimate of drug-likeness (QED) is 0.351. The molecule has 7 heteroatoms. The molecular weight excluding hydrogens is 232 g/mol. The number of anilines is 1. The van der Waals surface area contributed by atoms with E-state index in [0.29, 0.717) is 0 Å². The molecule has 0 heterocycles. The number of Topliss-reactive ketones (excluding diaryl/α,β-unsaturated/α-hetero) is 1. The summed E-state index contributed by atoms with van der Waals surface area (Å²) in [5.41, 5.74) is 0.506. The summed E-state index contributed by atoms with van der Waals surface area (Å²) >= 11 is 0. The zero-order chi connectivity index (χ0) is 12.2. The van der Waals surface area contributed by atoms with Crippen molar-refractivity contribution in [3.63, 3.8) is 0 Å². The van der Waals surface area contributed by atoms with Gasteiger partial charge in [0.15, 0.2) is 0 Å². The van der Waals surface area contributed by atoms with E-state index in [4.69, 9.17) is 5.21 Å². The standard InChI is InChI=1S/C9H10N2O4S/c1-16(14,15)11-8-4-2-3-7(5-8)9(12)6-10-13/h2-6,11,13H,1H3. The number of nitrogens with zero attached hydrogens (tertiary/aromatic N) is 1. The lowest BCUT2D eigenvalue weighted by Crippen LogP contribution is -2.10. The Labute approximate surface area is 92.6 Å². The van der Waals surface area contributed by atoms with E-state index in [1.54, 1.807) is 0 Å². The predicted molar refractivity (Wildman–Crippen MR) is 59.5 cm³/mol. The number of ketones is 1. The number of hydrogen-bond donors (Lipinski definition) is 2. The van der Waals surface area contributed by atoms with Crippen LogP contribution in [0.15, 0.2) is 29.4 Å². The van der Waals surface area contributed by atoms with Crippen LogP contribution in [-0.4, -0.2) is 31.9 Å². The van der Waals surface area contributed by atoms with E-state index in [0.717, 1.165) is 12.5 Å². The van der Waals surface area contributed by atoms with Crippen molar-refractivity contribution >= 4 is 27.7 Å². The summed E-state index contributed by atoms with van der Waals surface area (Å²) in [6, 6.07) is 5.86. The lowest BCUT2D eigenvalue weighted by atomic mass is 10.1. The van der Waals surface area contributed by atoms with Crippen molar-refractivity contribution < 1.29 is 18.4 Å². The van der Waals surface area contributed by atoms with Gasteiger partial charge in [0.2, 0.25) is 15.8 Å². The molecule has 0 bridgehead atoms. The molecule has 1 rings (SSSR count). The SMILES string of the molecule is CS(=O)(=O)Nc1cccc(C(=O)C=NO)c1. The Morgan fingerprint density at radius 1 is 1.50 bits per heavy atom. The molecule has 0 aliphatic carbocycles. The summed E-state index contributed by atoms with van der Waals surface area (Å²) < 4.78 is 24.1. The molecule has 0 aliphatic heterocycles. The first kappa shape index (κ1) is 12.2. The minimum Gasteiger partial charge on any atom is -0.411 e. The number of oxime groups is 1. The Balaban J connectivity index is 3.00. The van der Waals surface area contributed by atoms with Gasteiger partial charge in [-0.15, -0.1) is 0 Å². The van der Waals surface area contributed by atoms with Gasteiger partial charge in [0.05, 0.1) is 6.26 Å². The molecule has 2 N–H and O–H groups in total. The monoisotopic (exact) mass is 242 g/mol. The van der Waals surface area contributed by atoms with Crippen LogP contribution in [0, 0.1) is 0 Å². The maximum Gasteiger partial charge on any atom is 0.229 e. The summed E-state index contributed by atoms with van der Waals surface area (Å²) in [4.78, 5) is 11.3. The molecule has 0 unspecified atom stereocenters. The number of benzene rings is 1. The zero-order valence-corrected chi connectivity index (χ0v) is 9.23. The molecule has 0 aromatic heterocycles. The first-order valence-corrected chi connectivity index (χ1v) is 6.11. The molecule has 1 aromatic carbocycles. The van der Waals surface area contributed by atoms with E-state index in [-0.39, 0.29) is 11.3 Å². The summed E-state index contributed by atoms with van der Waals surface area (Å²) in [5.74, 6) is -0.514. The molecule has 0 aliphatic rings. The molecule has 0 fully saturated rings. The maximum absolute atomic E-state index is 11.3. The van der Waals surface area contributed by atoms with Gasteiger partial charge in [-0.1, -0.05) is 17.3 Å². The van der Waals surface area contributed by atoms with Crippen LogP contribution in [0.4, 0.5) is 5.69 Å². The van der Waals surface area contributed by atoms with Crippen LogP contribution < -0.4 is 4.72 Å². The van der Waals surface area contributed by atoms with Crippen LogP contribution in [0.5, 0.6) is 0 Å². The molecule has 0 amide bonds. The number of carbonyl (C=O) groups is 1. The second kappa shape index (κ2) is 4.75. The topological polar surface area (TPSA) is 95.8 Å². The molecule has 1 aromatic rings. The fourth-order valence-electron chi connectivity index (χ4n) is 1.08. The van der Waals surface area contributed by atoms with E-state index >= 15 is 0 Å². The van der Waals surface area contributed by atoms with Gasteiger partial charge in [-0.3, -0.25) is 9.52 Å². The fourth-order valence-corrected chi connectivity index (χ4v) is 1.63. The van der Waals surface area contributed by atoms with E-state index in [1.165, 1.54) is 24.3 Å². The highest BCUT2D eigenvalue weighted by Crippen LogP contribution is 2.11. The third-order valence-electron chi connectivity index (χ3n) is 1.63. The molecule has 0 radical (unpaired) electrons. The summed E-state index contributed by atoms with van der Waals surface area (Å²) in [6.07, 6.45) is 1.75. The first-order chi connectivity index (χ1) is 7.42. The highest BCUT2D eigenvalue weighted by molar-refractivity contribution is 7.92. The molecule has 0 spiro atoms. The smallest absolute Gasteiger partial charge is 0.229 e. The van der Waals surface area contributed by atoms with Crippen molar-refractivity contribution in [1.29, 1.82) is 0 Å². The molecule has 0 atom stereocenters. The van der Waals surface area contributed by atoms with Crippen LogP contribution in [0.25, 0.3) is 0 Å².